The molecule has 2 amide bonds. The zero-order valence-corrected chi connectivity index (χ0v) is 20.4. The van der Waals surface area contributed by atoms with E-state index < -0.39 is 34.7 Å². The number of carbonyl (C=O) groups is 2. The molecule has 0 aliphatic carbocycles. The van der Waals surface area contributed by atoms with Crippen molar-refractivity contribution in [3.63, 3.8) is 0 Å². The van der Waals surface area contributed by atoms with Crippen molar-refractivity contribution in [2.75, 3.05) is 5.32 Å². The van der Waals surface area contributed by atoms with Crippen molar-refractivity contribution in [2.45, 2.75) is 45.4 Å². The van der Waals surface area contributed by atoms with Crippen LogP contribution in [0.5, 0.6) is 0 Å². The number of aromatic nitrogens is 1. The van der Waals surface area contributed by atoms with Crippen molar-refractivity contribution in [3.05, 3.63) is 64.9 Å². The minimum atomic E-state index is -1.55. The predicted octanol–water partition coefficient (Wildman–Crippen LogP) is 3.55. The molecule has 8 nitrogen and oxygen atoms in total. The Bertz CT molecular complexity index is 1260. The molecular weight excluding hydrogens is 478 g/mol. The summed E-state index contributed by atoms with van der Waals surface area (Å²) < 4.78 is 29.7. The van der Waals surface area contributed by atoms with Crippen LogP contribution in [0, 0.1) is 11.6 Å². The summed E-state index contributed by atoms with van der Waals surface area (Å²) in [4.78, 5) is 28.4. The first-order chi connectivity index (χ1) is 16.2. The normalized spacial score (nSPS) is 11.9. The SMILES string of the molecule is CC(C)(O)C(=O)NCc1cccc(Nc2sc(-c3c(F)cc(C(C)(C)O)cc3F)cc2C(N)=O)n1. The molecule has 1 aromatic carbocycles. The molecule has 2 heterocycles. The van der Waals surface area contributed by atoms with Crippen molar-refractivity contribution in [1.29, 1.82) is 0 Å². The minimum Gasteiger partial charge on any atom is -0.386 e. The third-order valence-corrected chi connectivity index (χ3v) is 6.09. The molecule has 0 spiro atoms. The van der Waals surface area contributed by atoms with E-state index in [-0.39, 0.29) is 33.1 Å². The molecule has 35 heavy (non-hydrogen) atoms. The van der Waals surface area contributed by atoms with E-state index in [9.17, 15) is 28.6 Å². The van der Waals surface area contributed by atoms with Gasteiger partial charge in [-0.1, -0.05) is 6.07 Å². The molecular formula is C24H26F2N4O4S. The molecule has 0 saturated carbocycles. The summed E-state index contributed by atoms with van der Waals surface area (Å²) in [5.74, 6) is -2.87. The van der Waals surface area contributed by atoms with Gasteiger partial charge in [0.15, 0.2) is 0 Å². The summed E-state index contributed by atoms with van der Waals surface area (Å²) in [6.45, 7) is 5.59. The number of rotatable bonds is 8. The fourth-order valence-electron chi connectivity index (χ4n) is 3.10. The van der Waals surface area contributed by atoms with Gasteiger partial charge in [-0.3, -0.25) is 9.59 Å². The van der Waals surface area contributed by atoms with Crippen LogP contribution in [-0.2, 0) is 16.9 Å². The number of hydrogen-bond donors (Lipinski definition) is 5. The summed E-state index contributed by atoms with van der Waals surface area (Å²) >= 11 is 0.908. The van der Waals surface area contributed by atoms with Crippen molar-refractivity contribution >= 4 is 34.0 Å². The van der Waals surface area contributed by atoms with Crippen LogP contribution in [0.15, 0.2) is 36.4 Å². The van der Waals surface area contributed by atoms with Crippen LogP contribution >= 0.6 is 11.3 Å². The Kier molecular flexibility index (Phi) is 7.25. The number of carbonyl (C=O) groups excluding carboxylic acids is 2. The molecule has 0 aliphatic rings. The number of nitrogens with two attached hydrogens (primary N) is 1. The molecule has 0 radical (unpaired) electrons. The van der Waals surface area contributed by atoms with E-state index in [4.69, 9.17) is 5.73 Å². The number of anilines is 2. The van der Waals surface area contributed by atoms with Crippen molar-refractivity contribution in [3.8, 4) is 10.4 Å². The van der Waals surface area contributed by atoms with Crippen LogP contribution in [0.3, 0.4) is 0 Å². The number of benzene rings is 1. The number of primary amides is 1. The maximum absolute atomic E-state index is 14.8. The molecule has 186 valence electrons. The van der Waals surface area contributed by atoms with Gasteiger partial charge in [-0.25, -0.2) is 13.8 Å². The van der Waals surface area contributed by atoms with Crippen LogP contribution in [0.25, 0.3) is 10.4 Å². The lowest BCUT2D eigenvalue weighted by atomic mass is 9.96. The van der Waals surface area contributed by atoms with Gasteiger partial charge in [0.25, 0.3) is 11.8 Å². The van der Waals surface area contributed by atoms with E-state index in [1.54, 1.807) is 18.2 Å². The van der Waals surface area contributed by atoms with E-state index in [0.29, 0.717) is 11.5 Å². The van der Waals surface area contributed by atoms with E-state index in [1.807, 2.05) is 0 Å². The first kappa shape index (κ1) is 26.2. The van der Waals surface area contributed by atoms with Crippen LogP contribution < -0.4 is 16.4 Å². The van der Waals surface area contributed by atoms with Crippen LogP contribution in [0.2, 0.25) is 0 Å². The smallest absolute Gasteiger partial charge is 0.251 e. The zero-order chi connectivity index (χ0) is 26.1. The van der Waals surface area contributed by atoms with Gasteiger partial charge in [0.05, 0.1) is 29.0 Å². The van der Waals surface area contributed by atoms with Gasteiger partial charge in [0.2, 0.25) is 0 Å². The molecule has 0 aliphatic heterocycles. The fraction of sp³-hybridized carbons (Fsp3) is 0.292. The number of halogens is 2. The Morgan fingerprint density at radius 2 is 1.71 bits per heavy atom. The molecule has 3 aromatic rings. The van der Waals surface area contributed by atoms with Crippen LogP contribution in [-0.4, -0.2) is 32.6 Å². The molecule has 3 rings (SSSR count). The summed E-state index contributed by atoms with van der Waals surface area (Å²) in [6.07, 6.45) is 0. The molecule has 6 N–H and O–H groups in total. The maximum Gasteiger partial charge on any atom is 0.251 e. The van der Waals surface area contributed by atoms with Gasteiger partial charge in [-0.15, -0.1) is 11.3 Å². The van der Waals surface area contributed by atoms with Crippen LogP contribution in [0.1, 0.15) is 49.3 Å². The van der Waals surface area contributed by atoms with Crippen molar-refractivity contribution < 1.29 is 28.6 Å². The fourth-order valence-corrected chi connectivity index (χ4v) is 4.22. The van der Waals surface area contributed by atoms with Gasteiger partial charge in [0, 0.05) is 4.88 Å². The van der Waals surface area contributed by atoms with E-state index in [2.05, 4.69) is 15.6 Å². The third kappa shape index (κ3) is 6.18. The second-order valence-electron chi connectivity index (χ2n) is 8.97. The first-order valence-corrected chi connectivity index (χ1v) is 11.4. The van der Waals surface area contributed by atoms with Gasteiger partial charge in [-0.2, -0.15) is 0 Å². The summed E-state index contributed by atoms with van der Waals surface area (Å²) in [5.41, 5.74) is 2.69. The van der Waals surface area contributed by atoms with Crippen molar-refractivity contribution in [2.24, 2.45) is 5.73 Å². The largest absolute Gasteiger partial charge is 0.386 e. The average Bonchev–Trinajstić information content (AvgIpc) is 3.13. The molecule has 0 bridgehead atoms. The van der Waals surface area contributed by atoms with Gasteiger partial charge >= 0.3 is 0 Å². The van der Waals surface area contributed by atoms with E-state index >= 15 is 0 Å². The summed E-state index contributed by atoms with van der Waals surface area (Å²) in [7, 11) is 0. The third-order valence-electron chi connectivity index (χ3n) is 5.03. The number of pyridine rings is 1. The second kappa shape index (κ2) is 9.68. The summed E-state index contributed by atoms with van der Waals surface area (Å²) in [6, 6.07) is 8.29. The minimum absolute atomic E-state index is 0.0119. The highest BCUT2D eigenvalue weighted by Gasteiger charge is 2.25. The van der Waals surface area contributed by atoms with Crippen molar-refractivity contribution in [1.82, 2.24) is 10.3 Å². The molecule has 0 fully saturated rings. The number of thiophene rings is 1. The molecule has 0 atom stereocenters. The average molecular weight is 505 g/mol. The lowest BCUT2D eigenvalue weighted by molar-refractivity contribution is -0.136. The molecule has 0 unspecified atom stereocenters. The van der Waals surface area contributed by atoms with Crippen LogP contribution in [0.4, 0.5) is 19.6 Å². The number of nitrogens with one attached hydrogen (secondary N) is 2. The highest BCUT2D eigenvalue weighted by molar-refractivity contribution is 7.20. The van der Waals surface area contributed by atoms with Gasteiger partial charge < -0.3 is 26.6 Å². The molecule has 11 heteroatoms. The molecule has 0 saturated heterocycles. The quantitative estimate of drug-likeness (QED) is 0.318. The number of hydrogen-bond acceptors (Lipinski definition) is 7. The lowest BCUT2D eigenvalue weighted by Gasteiger charge is -2.18. The summed E-state index contributed by atoms with van der Waals surface area (Å²) in [5, 5.41) is 25.5. The zero-order valence-electron chi connectivity index (χ0n) is 19.6. The first-order valence-electron chi connectivity index (χ1n) is 10.6. The number of nitrogens with zero attached hydrogens (tertiary/aromatic N) is 1. The highest BCUT2D eigenvalue weighted by atomic mass is 32.1. The standard InChI is InChI=1S/C24H26F2N4O4S/c1-23(2,33)12-8-15(25)19(16(26)9-12)17-10-14(20(27)31)21(35-17)30-18-7-5-6-13(29-18)11-28-22(32)24(3,4)34/h5-10,33-34H,11H2,1-4H3,(H2,27,31)(H,28,32)(H,29,30). The Hall–Kier alpha value is -3.41. The second-order valence-corrected chi connectivity index (χ2v) is 10.0. The predicted molar refractivity (Wildman–Crippen MR) is 129 cm³/mol. The number of aliphatic hydroxyl groups is 2. The Balaban J connectivity index is 1.91. The Morgan fingerprint density at radius 1 is 1.09 bits per heavy atom. The Labute approximate surface area is 204 Å². The monoisotopic (exact) mass is 504 g/mol. The van der Waals surface area contributed by atoms with E-state index in [0.717, 1.165) is 23.5 Å². The topological polar surface area (TPSA) is 138 Å². The lowest BCUT2D eigenvalue weighted by Crippen LogP contribution is -2.41. The Morgan fingerprint density at radius 3 is 2.26 bits per heavy atom. The highest BCUT2D eigenvalue weighted by Crippen LogP contribution is 2.40. The van der Waals surface area contributed by atoms with E-state index in [1.165, 1.54) is 33.8 Å². The van der Waals surface area contributed by atoms with Gasteiger partial charge in [-0.05, 0) is 63.6 Å². The molecule has 2 aromatic heterocycles. The maximum atomic E-state index is 14.8. The number of amides is 2. The van der Waals surface area contributed by atoms with Gasteiger partial charge in [0.1, 0.15) is 28.1 Å².